The van der Waals surface area contributed by atoms with Crippen LogP contribution in [0.2, 0.25) is 0 Å². The Balaban J connectivity index is 1.69. The fraction of sp³-hybridized carbons (Fsp3) is 0.316. The van der Waals surface area contributed by atoms with Gasteiger partial charge in [0, 0.05) is 12.8 Å². The second-order valence-corrected chi connectivity index (χ2v) is 5.78. The van der Waals surface area contributed by atoms with Gasteiger partial charge in [-0.15, -0.1) is 0 Å². The Morgan fingerprint density at radius 1 is 1.00 bits per heavy atom. The van der Waals surface area contributed by atoms with Gasteiger partial charge >= 0.3 is 0 Å². The topological polar surface area (TPSA) is 17.1 Å². The molecule has 0 heterocycles. The Kier molecular flexibility index (Phi) is 3.68. The third kappa shape index (κ3) is 2.82. The molecule has 3 rings (SSSR count). The standard InChI is InChI=1S/C19H20O/c1-14-5-2-3-6-17(14)13-19(20)12-15-9-10-16-7-4-8-18(16)11-15/h2-3,5-6,9-11H,4,7-8,12-13H2,1H3. The summed E-state index contributed by atoms with van der Waals surface area (Å²) in [4.78, 5) is 12.2. The lowest BCUT2D eigenvalue weighted by Crippen LogP contribution is -2.08. The van der Waals surface area contributed by atoms with Crippen molar-refractivity contribution in [1.29, 1.82) is 0 Å². The zero-order chi connectivity index (χ0) is 13.9. The van der Waals surface area contributed by atoms with Gasteiger partial charge in [0.25, 0.3) is 0 Å². The van der Waals surface area contributed by atoms with Gasteiger partial charge in [-0.3, -0.25) is 4.79 Å². The number of benzene rings is 2. The summed E-state index contributed by atoms with van der Waals surface area (Å²) in [6.45, 7) is 2.07. The van der Waals surface area contributed by atoms with Gasteiger partial charge in [-0.1, -0.05) is 42.5 Å². The number of fused-ring (bicyclic) bond motifs is 1. The summed E-state index contributed by atoms with van der Waals surface area (Å²) < 4.78 is 0. The summed E-state index contributed by atoms with van der Waals surface area (Å²) in [6.07, 6.45) is 4.74. The molecular weight excluding hydrogens is 244 g/mol. The smallest absolute Gasteiger partial charge is 0.141 e. The van der Waals surface area contributed by atoms with E-state index in [1.54, 1.807) is 0 Å². The van der Waals surface area contributed by atoms with Gasteiger partial charge in [0.15, 0.2) is 0 Å². The fourth-order valence-corrected chi connectivity index (χ4v) is 3.05. The first-order chi connectivity index (χ1) is 9.72. The summed E-state index contributed by atoms with van der Waals surface area (Å²) in [5, 5.41) is 0. The Morgan fingerprint density at radius 3 is 2.65 bits per heavy atom. The molecule has 2 aromatic rings. The van der Waals surface area contributed by atoms with Gasteiger partial charge < -0.3 is 0 Å². The van der Waals surface area contributed by atoms with Crippen molar-refractivity contribution in [1.82, 2.24) is 0 Å². The van der Waals surface area contributed by atoms with Crippen molar-refractivity contribution in [2.24, 2.45) is 0 Å². The van der Waals surface area contributed by atoms with Crippen molar-refractivity contribution < 1.29 is 4.79 Å². The third-order valence-corrected chi connectivity index (χ3v) is 4.21. The van der Waals surface area contributed by atoms with E-state index >= 15 is 0 Å². The Labute approximate surface area is 120 Å². The average molecular weight is 264 g/mol. The van der Waals surface area contributed by atoms with Gasteiger partial charge in [-0.25, -0.2) is 0 Å². The maximum atomic E-state index is 12.2. The van der Waals surface area contributed by atoms with E-state index in [2.05, 4.69) is 37.3 Å². The summed E-state index contributed by atoms with van der Waals surface area (Å²) in [6, 6.07) is 14.7. The molecule has 0 radical (unpaired) electrons. The van der Waals surface area contributed by atoms with Gasteiger partial charge in [-0.2, -0.15) is 0 Å². The van der Waals surface area contributed by atoms with E-state index < -0.39 is 0 Å². The molecule has 2 aromatic carbocycles. The predicted molar refractivity (Wildman–Crippen MR) is 82.1 cm³/mol. The molecule has 0 N–H and O–H groups in total. The molecular formula is C19H20O. The predicted octanol–water partition coefficient (Wildman–Crippen LogP) is 3.84. The molecule has 1 heteroatoms. The maximum Gasteiger partial charge on any atom is 0.141 e. The van der Waals surface area contributed by atoms with E-state index in [9.17, 15) is 4.79 Å². The van der Waals surface area contributed by atoms with E-state index in [-0.39, 0.29) is 0 Å². The van der Waals surface area contributed by atoms with Crippen LogP contribution in [0.1, 0.15) is 34.2 Å². The number of aryl methyl sites for hydroxylation is 3. The minimum Gasteiger partial charge on any atom is -0.299 e. The lowest BCUT2D eigenvalue weighted by Gasteiger charge is -2.07. The van der Waals surface area contributed by atoms with Crippen LogP contribution < -0.4 is 0 Å². The van der Waals surface area contributed by atoms with Crippen LogP contribution in [0.3, 0.4) is 0 Å². The van der Waals surface area contributed by atoms with E-state index in [4.69, 9.17) is 0 Å². The Morgan fingerprint density at radius 2 is 1.80 bits per heavy atom. The van der Waals surface area contributed by atoms with Crippen LogP contribution >= 0.6 is 0 Å². The molecule has 0 saturated heterocycles. The van der Waals surface area contributed by atoms with Crippen molar-refractivity contribution in [3.63, 3.8) is 0 Å². The maximum absolute atomic E-state index is 12.2. The second kappa shape index (κ2) is 5.62. The molecule has 102 valence electrons. The molecule has 20 heavy (non-hydrogen) atoms. The monoisotopic (exact) mass is 264 g/mol. The molecule has 0 bridgehead atoms. The molecule has 0 atom stereocenters. The lowest BCUT2D eigenvalue weighted by atomic mass is 9.98. The van der Waals surface area contributed by atoms with Crippen LogP contribution in [-0.2, 0) is 30.5 Å². The van der Waals surface area contributed by atoms with Crippen molar-refractivity contribution in [2.75, 3.05) is 0 Å². The summed E-state index contributed by atoms with van der Waals surface area (Å²) in [5.74, 6) is 0.303. The molecule has 0 aromatic heterocycles. The fourth-order valence-electron chi connectivity index (χ4n) is 3.05. The highest BCUT2D eigenvalue weighted by Gasteiger charge is 2.12. The SMILES string of the molecule is Cc1ccccc1CC(=O)Cc1ccc2c(c1)CCC2. The largest absolute Gasteiger partial charge is 0.299 e. The Hall–Kier alpha value is -1.89. The van der Waals surface area contributed by atoms with E-state index in [0.29, 0.717) is 18.6 Å². The van der Waals surface area contributed by atoms with Gasteiger partial charge in [-0.05, 0) is 54.0 Å². The number of rotatable bonds is 4. The average Bonchev–Trinajstić information content (AvgIpc) is 2.89. The van der Waals surface area contributed by atoms with Crippen LogP contribution in [0.4, 0.5) is 0 Å². The molecule has 0 fully saturated rings. The molecule has 0 unspecified atom stereocenters. The van der Waals surface area contributed by atoms with Gasteiger partial charge in [0.1, 0.15) is 5.78 Å². The summed E-state index contributed by atoms with van der Waals surface area (Å²) in [7, 11) is 0. The highest BCUT2D eigenvalue weighted by Crippen LogP contribution is 2.23. The zero-order valence-electron chi connectivity index (χ0n) is 12.0. The number of carbonyl (C=O) groups excluding carboxylic acids is 1. The summed E-state index contributed by atoms with van der Waals surface area (Å²) in [5.41, 5.74) is 6.45. The first-order valence-electron chi connectivity index (χ1n) is 7.39. The molecule has 1 aliphatic rings. The minimum atomic E-state index is 0.303. The Bertz CT molecular complexity index is 640. The van der Waals surface area contributed by atoms with Crippen LogP contribution in [0.5, 0.6) is 0 Å². The number of hydrogen-bond donors (Lipinski definition) is 0. The van der Waals surface area contributed by atoms with Crippen LogP contribution in [0.15, 0.2) is 42.5 Å². The summed E-state index contributed by atoms with van der Waals surface area (Å²) >= 11 is 0. The number of ketones is 1. The van der Waals surface area contributed by atoms with E-state index in [1.165, 1.54) is 41.5 Å². The first-order valence-corrected chi connectivity index (χ1v) is 7.39. The molecule has 0 spiro atoms. The lowest BCUT2D eigenvalue weighted by molar-refractivity contribution is -0.117. The quantitative estimate of drug-likeness (QED) is 0.820. The molecule has 0 aliphatic heterocycles. The van der Waals surface area contributed by atoms with Crippen molar-refractivity contribution >= 4 is 5.78 Å². The zero-order valence-corrected chi connectivity index (χ0v) is 12.0. The van der Waals surface area contributed by atoms with Crippen LogP contribution in [0, 0.1) is 6.92 Å². The number of Topliss-reactive ketones (excluding diaryl/α,β-unsaturated/α-hetero) is 1. The number of carbonyl (C=O) groups is 1. The first kappa shape index (κ1) is 13.1. The molecule has 0 amide bonds. The molecule has 0 saturated carbocycles. The van der Waals surface area contributed by atoms with Crippen LogP contribution in [0.25, 0.3) is 0 Å². The van der Waals surface area contributed by atoms with Crippen molar-refractivity contribution in [3.8, 4) is 0 Å². The normalized spacial score (nSPS) is 13.2. The number of hydrogen-bond acceptors (Lipinski definition) is 1. The van der Waals surface area contributed by atoms with Gasteiger partial charge in [0.2, 0.25) is 0 Å². The van der Waals surface area contributed by atoms with E-state index in [0.717, 1.165) is 5.56 Å². The second-order valence-electron chi connectivity index (χ2n) is 5.78. The highest BCUT2D eigenvalue weighted by molar-refractivity contribution is 5.83. The van der Waals surface area contributed by atoms with Crippen LogP contribution in [-0.4, -0.2) is 5.78 Å². The molecule has 1 aliphatic carbocycles. The van der Waals surface area contributed by atoms with Gasteiger partial charge in [0.05, 0.1) is 0 Å². The minimum absolute atomic E-state index is 0.303. The van der Waals surface area contributed by atoms with Crippen molar-refractivity contribution in [2.45, 2.75) is 39.0 Å². The third-order valence-electron chi connectivity index (χ3n) is 4.21. The highest BCUT2D eigenvalue weighted by atomic mass is 16.1. The van der Waals surface area contributed by atoms with Crippen molar-refractivity contribution in [3.05, 3.63) is 70.3 Å². The van der Waals surface area contributed by atoms with E-state index in [1.807, 2.05) is 12.1 Å². The molecule has 1 nitrogen and oxygen atoms in total.